The molecule has 2 aliphatic rings. The molecule has 13 heavy (non-hydrogen) atoms. The van der Waals surface area contributed by atoms with E-state index >= 15 is 0 Å². The highest BCUT2D eigenvalue weighted by molar-refractivity contribution is 5.82. The topological polar surface area (TPSA) is 55.4 Å². The van der Waals surface area contributed by atoms with Gasteiger partial charge in [0.15, 0.2) is 0 Å². The molecule has 1 saturated carbocycles. The Morgan fingerprint density at radius 3 is 2.77 bits per heavy atom. The number of hydrogen-bond acceptors (Lipinski definition) is 3. The molecule has 1 saturated heterocycles. The lowest BCUT2D eigenvalue weighted by Gasteiger charge is -2.13. The van der Waals surface area contributed by atoms with E-state index < -0.39 is 0 Å². The molecular weight excluding hydrogens is 170 g/mol. The van der Waals surface area contributed by atoms with Gasteiger partial charge in [-0.25, -0.2) is 0 Å². The summed E-state index contributed by atoms with van der Waals surface area (Å²) in [7, 11) is 0. The first-order valence-corrected chi connectivity index (χ1v) is 4.58. The van der Waals surface area contributed by atoms with E-state index in [1.807, 2.05) is 6.92 Å². The Morgan fingerprint density at radius 1 is 1.62 bits per heavy atom. The van der Waals surface area contributed by atoms with Gasteiger partial charge in [-0.1, -0.05) is 0 Å². The standard InChI is InChI=1S/C9H13NO3/c1-9(2-3-9)8(12)13-6-4-7(11)10-5-6/h6H,2-5H2,1H3,(H,10,11). The second-order valence-corrected chi connectivity index (χ2v) is 4.10. The summed E-state index contributed by atoms with van der Waals surface area (Å²) in [5, 5.41) is 2.63. The van der Waals surface area contributed by atoms with Crippen LogP contribution in [-0.4, -0.2) is 24.5 Å². The van der Waals surface area contributed by atoms with Crippen LogP contribution in [0.1, 0.15) is 26.2 Å². The van der Waals surface area contributed by atoms with Gasteiger partial charge in [-0.2, -0.15) is 0 Å². The summed E-state index contributed by atoms with van der Waals surface area (Å²) in [6.07, 6.45) is 1.92. The number of hydrogen-bond donors (Lipinski definition) is 1. The van der Waals surface area contributed by atoms with Crippen LogP contribution in [0.15, 0.2) is 0 Å². The second kappa shape index (κ2) is 2.72. The molecule has 0 aromatic rings. The van der Waals surface area contributed by atoms with Crippen molar-refractivity contribution in [2.24, 2.45) is 5.41 Å². The quantitative estimate of drug-likeness (QED) is 0.623. The van der Waals surface area contributed by atoms with Gasteiger partial charge in [-0.05, 0) is 19.8 Å². The molecule has 0 aromatic carbocycles. The van der Waals surface area contributed by atoms with E-state index in [2.05, 4.69) is 5.32 Å². The van der Waals surface area contributed by atoms with E-state index in [0.29, 0.717) is 13.0 Å². The van der Waals surface area contributed by atoms with E-state index in [9.17, 15) is 9.59 Å². The second-order valence-electron chi connectivity index (χ2n) is 4.10. The van der Waals surface area contributed by atoms with Crippen LogP contribution >= 0.6 is 0 Å². The van der Waals surface area contributed by atoms with Crippen molar-refractivity contribution in [1.82, 2.24) is 5.32 Å². The number of rotatable bonds is 2. The summed E-state index contributed by atoms with van der Waals surface area (Å²) >= 11 is 0. The zero-order valence-electron chi connectivity index (χ0n) is 7.63. The Labute approximate surface area is 76.6 Å². The summed E-state index contributed by atoms with van der Waals surface area (Å²) in [5.74, 6) is -0.173. The number of carbonyl (C=O) groups is 2. The molecule has 0 bridgehead atoms. The number of esters is 1. The lowest BCUT2D eigenvalue weighted by Crippen LogP contribution is -2.25. The average molecular weight is 183 g/mol. The minimum Gasteiger partial charge on any atom is -0.460 e. The van der Waals surface area contributed by atoms with Crippen molar-refractivity contribution in [3.8, 4) is 0 Å². The molecule has 1 heterocycles. The Morgan fingerprint density at radius 2 is 2.31 bits per heavy atom. The number of amides is 1. The summed E-state index contributed by atoms with van der Waals surface area (Å²) < 4.78 is 5.19. The van der Waals surface area contributed by atoms with Gasteiger partial charge in [0.25, 0.3) is 0 Å². The van der Waals surface area contributed by atoms with Gasteiger partial charge in [-0.3, -0.25) is 9.59 Å². The summed E-state index contributed by atoms with van der Waals surface area (Å²) in [4.78, 5) is 22.2. The van der Waals surface area contributed by atoms with Crippen LogP contribution < -0.4 is 5.32 Å². The highest BCUT2D eigenvalue weighted by Crippen LogP contribution is 2.46. The van der Waals surface area contributed by atoms with Crippen LogP contribution in [0.3, 0.4) is 0 Å². The van der Waals surface area contributed by atoms with Crippen LogP contribution in [0.5, 0.6) is 0 Å². The summed E-state index contributed by atoms with van der Waals surface area (Å²) in [6.45, 7) is 2.38. The molecule has 4 heteroatoms. The van der Waals surface area contributed by atoms with Gasteiger partial charge in [0.2, 0.25) is 5.91 Å². The molecule has 2 rings (SSSR count). The van der Waals surface area contributed by atoms with Gasteiger partial charge < -0.3 is 10.1 Å². The zero-order chi connectivity index (χ0) is 9.47. The molecule has 0 spiro atoms. The zero-order valence-corrected chi connectivity index (χ0v) is 7.63. The fourth-order valence-corrected chi connectivity index (χ4v) is 1.35. The maximum atomic E-state index is 11.4. The Hall–Kier alpha value is -1.06. The average Bonchev–Trinajstić information content (AvgIpc) is 2.69. The highest BCUT2D eigenvalue weighted by Gasteiger charge is 2.47. The Kier molecular flexibility index (Phi) is 1.78. The molecule has 1 N–H and O–H groups in total. The van der Waals surface area contributed by atoms with Gasteiger partial charge in [0.1, 0.15) is 6.10 Å². The number of ether oxygens (including phenoxy) is 1. The molecule has 1 aliphatic heterocycles. The first-order valence-electron chi connectivity index (χ1n) is 4.58. The van der Waals surface area contributed by atoms with Crippen LogP contribution in [-0.2, 0) is 14.3 Å². The maximum absolute atomic E-state index is 11.4. The predicted molar refractivity (Wildman–Crippen MR) is 44.8 cm³/mol. The van der Waals surface area contributed by atoms with Gasteiger partial charge >= 0.3 is 5.97 Å². The first kappa shape index (κ1) is 8.53. The Balaban J connectivity index is 1.84. The molecule has 0 aromatic heterocycles. The van der Waals surface area contributed by atoms with Crippen molar-refractivity contribution in [2.45, 2.75) is 32.3 Å². The van der Waals surface area contributed by atoms with Gasteiger partial charge in [0.05, 0.1) is 18.4 Å². The SMILES string of the molecule is CC1(C(=O)OC2CNC(=O)C2)CC1. The van der Waals surface area contributed by atoms with E-state index in [1.54, 1.807) is 0 Å². The largest absolute Gasteiger partial charge is 0.460 e. The van der Waals surface area contributed by atoms with E-state index in [0.717, 1.165) is 12.8 Å². The van der Waals surface area contributed by atoms with E-state index in [-0.39, 0.29) is 23.4 Å². The monoisotopic (exact) mass is 183 g/mol. The van der Waals surface area contributed by atoms with Crippen molar-refractivity contribution in [3.05, 3.63) is 0 Å². The normalized spacial score (nSPS) is 29.6. The van der Waals surface area contributed by atoms with Gasteiger partial charge in [-0.15, -0.1) is 0 Å². The number of carbonyl (C=O) groups excluding carboxylic acids is 2. The fourth-order valence-electron chi connectivity index (χ4n) is 1.35. The minimum absolute atomic E-state index is 0.0289. The lowest BCUT2D eigenvalue weighted by molar-refractivity contribution is -0.154. The molecule has 0 radical (unpaired) electrons. The molecule has 1 amide bonds. The predicted octanol–water partition coefficient (Wildman–Crippen LogP) is 0.218. The molecular formula is C9H13NO3. The third kappa shape index (κ3) is 1.66. The van der Waals surface area contributed by atoms with Crippen molar-refractivity contribution in [3.63, 3.8) is 0 Å². The van der Waals surface area contributed by atoms with Crippen LogP contribution in [0.25, 0.3) is 0 Å². The van der Waals surface area contributed by atoms with Crippen molar-refractivity contribution < 1.29 is 14.3 Å². The summed E-state index contributed by atoms with van der Waals surface area (Å²) in [5.41, 5.74) is -0.244. The van der Waals surface area contributed by atoms with Crippen molar-refractivity contribution in [1.29, 1.82) is 0 Å². The smallest absolute Gasteiger partial charge is 0.312 e. The molecule has 72 valence electrons. The first-order chi connectivity index (χ1) is 6.10. The minimum atomic E-state index is -0.244. The molecule has 2 fully saturated rings. The van der Waals surface area contributed by atoms with Crippen molar-refractivity contribution >= 4 is 11.9 Å². The third-order valence-corrected chi connectivity index (χ3v) is 2.71. The molecule has 1 unspecified atom stereocenters. The Bertz CT molecular complexity index is 258. The van der Waals surface area contributed by atoms with Crippen LogP contribution in [0.2, 0.25) is 0 Å². The third-order valence-electron chi connectivity index (χ3n) is 2.71. The van der Waals surface area contributed by atoms with Gasteiger partial charge in [0, 0.05) is 0 Å². The van der Waals surface area contributed by atoms with Crippen LogP contribution in [0, 0.1) is 5.41 Å². The van der Waals surface area contributed by atoms with E-state index in [4.69, 9.17) is 4.74 Å². The molecule has 1 aliphatic carbocycles. The van der Waals surface area contributed by atoms with Crippen LogP contribution in [0.4, 0.5) is 0 Å². The van der Waals surface area contributed by atoms with Crippen molar-refractivity contribution in [2.75, 3.05) is 6.54 Å². The fraction of sp³-hybridized carbons (Fsp3) is 0.778. The maximum Gasteiger partial charge on any atom is 0.312 e. The molecule has 4 nitrogen and oxygen atoms in total. The lowest BCUT2D eigenvalue weighted by atomic mass is 10.1. The highest BCUT2D eigenvalue weighted by atomic mass is 16.5. The number of nitrogens with one attached hydrogen (secondary N) is 1. The van der Waals surface area contributed by atoms with E-state index in [1.165, 1.54) is 0 Å². The molecule has 1 atom stereocenters. The summed E-state index contributed by atoms with van der Waals surface area (Å²) in [6, 6.07) is 0.